The van der Waals surface area contributed by atoms with Crippen LogP contribution >= 0.6 is 11.6 Å². The number of halogens is 1. The maximum Gasteiger partial charge on any atom is 0.343 e. The second-order valence-corrected chi connectivity index (χ2v) is 8.87. The Labute approximate surface area is 170 Å². The minimum Gasteiger partial charge on any atom is -0.495 e. The van der Waals surface area contributed by atoms with Crippen LogP contribution in [0.2, 0.25) is 5.02 Å². The number of rotatable bonds is 5. The number of hydrogen-bond donors (Lipinski definition) is 0. The maximum absolute atomic E-state index is 13.2. The third kappa shape index (κ3) is 4.66. The lowest BCUT2D eigenvalue weighted by atomic mass is 10.2. The molecule has 1 aliphatic rings. The van der Waals surface area contributed by atoms with Crippen molar-refractivity contribution in [3.05, 3.63) is 53.1 Å². The van der Waals surface area contributed by atoms with E-state index in [4.69, 9.17) is 21.1 Å². The molecule has 0 N–H and O–H groups in total. The fraction of sp³-hybridized carbons (Fsp3) is 0.350. The van der Waals surface area contributed by atoms with Crippen molar-refractivity contribution in [1.82, 2.24) is 4.31 Å². The highest BCUT2D eigenvalue weighted by Gasteiger charge is 2.29. The van der Waals surface area contributed by atoms with Crippen molar-refractivity contribution in [2.75, 3.05) is 20.2 Å². The predicted molar refractivity (Wildman–Crippen MR) is 107 cm³/mol. The lowest BCUT2D eigenvalue weighted by Crippen LogP contribution is -2.32. The molecule has 8 heteroatoms. The van der Waals surface area contributed by atoms with E-state index in [0.717, 1.165) is 25.7 Å². The van der Waals surface area contributed by atoms with Crippen molar-refractivity contribution in [1.29, 1.82) is 0 Å². The molecule has 0 spiro atoms. The average Bonchev–Trinajstić information content (AvgIpc) is 2.99. The van der Waals surface area contributed by atoms with Gasteiger partial charge in [0.15, 0.2) is 0 Å². The van der Waals surface area contributed by atoms with Gasteiger partial charge in [-0.1, -0.05) is 24.4 Å². The second kappa shape index (κ2) is 8.94. The number of carbonyl (C=O) groups excluding carboxylic acids is 1. The van der Waals surface area contributed by atoms with Gasteiger partial charge < -0.3 is 9.47 Å². The molecule has 28 heavy (non-hydrogen) atoms. The van der Waals surface area contributed by atoms with Crippen LogP contribution in [0.25, 0.3) is 0 Å². The molecule has 2 aromatic rings. The van der Waals surface area contributed by atoms with Crippen LogP contribution < -0.4 is 9.47 Å². The number of benzene rings is 2. The summed E-state index contributed by atoms with van der Waals surface area (Å²) in [6, 6.07) is 10.6. The predicted octanol–water partition coefficient (Wildman–Crippen LogP) is 4.13. The molecule has 0 atom stereocenters. The van der Waals surface area contributed by atoms with Crippen molar-refractivity contribution in [3.8, 4) is 11.5 Å². The smallest absolute Gasteiger partial charge is 0.343 e. The number of esters is 1. The van der Waals surface area contributed by atoms with Crippen LogP contribution in [0.4, 0.5) is 0 Å². The molecule has 0 saturated carbocycles. The highest BCUT2D eigenvalue weighted by molar-refractivity contribution is 7.89. The first-order valence-electron chi connectivity index (χ1n) is 9.08. The highest BCUT2D eigenvalue weighted by atomic mass is 35.5. The molecule has 0 bridgehead atoms. The Morgan fingerprint density at radius 1 is 1.00 bits per heavy atom. The van der Waals surface area contributed by atoms with Crippen LogP contribution in [0.5, 0.6) is 11.5 Å². The van der Waals surface area contributed by atoms with Gasteiger partial charge in [-0.25, -0.2) is 13.2 Å². The molecular formula is C20H22ClNO5S. The van der Waals surface area contributed by atoms with E-state index in [1.54, 1.807) is 24.3 Å². The molecule has 0 radical (unpaired) electrons. The SMILES string of the molecule is COc1ccc(C(=O)Oc2ccc(Cl)cc2)cc1S(=O)(=O)N1CCCCCC1. The molecule has 6 nitrogen and oxygen atoms in total. The molecule has 1 fully saturated rings. The first-order valence-corrected chi connectivity index (χ1v) is 10.9. The van der Waals surface area contributed by atoms with E-state index in [1.165, 1.54) is 29.6 Å². The van der Waals surface area contributed by atoms with Crippen molar-refractivity contribution >= 4 is 27.6 Å². The van der Waals surface area contributed by atoms with Crippen molar-refractivity contribution in [2.45, 2.75) is 30.6 Å². The Hall–Kier alpha value is -2.09. The summed E-state index contributed by atoms with van der Waals surface area (Å²) >= 11 is 5.83. The van der Waals surface area contributed by atoms with E-state index in [-0.39, 0.29) is 16.2 Å². The summed E-state index contributed by atoms with van der Waals surface area (Å²) in [5.74, 6) is -0.133. The Kier molecular flexibility index (Phi) is 6.59. The van der Waals surface area contributed by atoms with Crippen LogP contribution in [-0.2, 0) is 10.0 Å². The molecule has 1 aliphatic heterocycles. The molecule has 1 heterocycles. The van der Waals surface area contributed by atoms with Crippen molar-refractivity contribution < 1.29 is 22.7 Å². The number of ether oxygens (including phenoxy) is 2. The first kappa shape index (κ1) is 20.6. The average molecular weight is 424 g/mol. The van der Waals surface area contributed by atoms with E-state index in [1.807, 2.05) is 0 Å². The lowest BCUT2D eigenvalue weighted by Gasteiger charge is -2.21. The summed E-state index contributed by atoms with van der Waals surface area (Å²) in [5.41, 5.74) is 0.129. The topological polar surface area (TPSA) is 72.9 Å². The molecule has 0 unspecified atom stereocenters. The minimum atomic E-state index is -3.78. The van der Waals surface area contributed by atoms with Gasteiger partial charge >= 0.3 is 5.97 Å². The third-order valence-corrected chi connectivity index (χ3v) is 6.78. The molecule has 3 rings (SSSR count). The van der Waals surface area contributed by atoms with Crippen LogP contribution in [0.1, 0.15) is 36.0 Å². The van der Waals surface area contributed by atoms with Crippen molar-refractivity contribution in [3.63, 3.8) is 0 Å². The summed E-state index contributed by atoms with van der Waals surface area (Å²) in [6.07, 6.45) is 3.66. The molecule has 0 aliphatic carbocycles. The van der Waals surface area contributed by atoms with Gasteiger partial charge in [-0.3, -0.25) is 0 Å². The molecular weight excluding hydrogens is 402 g/mol. The van der Waals surface area contributed by atoms with E-state index in [9.17, 15) is 13.2 Å². The van der Waals surface area contributed by atoms with Crippen LogP contribution in [-0.4, -0.2) is 38.9 Å². The number of hydrogen-bond acceptors (Lipinski definition) is 5. The van der Waals surface area contributed by atoms with Gasteiger partial charge in [-0.2, -0.15) is 4.31 Å². The van der Waals surface area contributed by atoms with Gasteiger partial charge in [0, 0.05) is 18.1 Å². The van der Waals surface area contributed by atoms with E-state index >= 15 is 0 Å². The van der Waals surface area contributed by atoms with Gasteiger partial charge in [0.05, 0.1) is 12.7 Å². The van der Waals surface area contributed by atoms with Crippen LogP contribution in [0.3, 0.4) is 0 Å². The minimum absolute atomic E-state index is 0.0255. The third-order valence-electron chi connectivity index (χ3n) is 4.61. The summed E-state index contributed by atoms with van der Waals surface area (Å²) in [5, 5.41) is 0.523. The standard InChI is InChI=1S/C20H22ClNO5S/c1-26-18-11-6-15(20(23)27-17-9-7-16(21)8-10-17)14-19(18)28(24,25)22-12-4-2-3-5-13-22/h6-11,14H,2-5,12-13H2,1H3. The fourth-order valence-corrected chi connectivity index (χ4v) is 4.92. The summed E-state index contributed by atoms with van der Waals surface area (Å²) < 4.78 is 38.4. The highest BCUT2D eigenvalue weighted by Crippen LogP contribution is 2.30. The van der Waals surface area contributed by atoms with Gasteiger partial charge in [0.25, 0.3) is 0 Å². The maximum atomic E-state index is 13.2. The molecule has 0 amide bonds. The molecule has 1 saturated heterocycles. The summed E-state index contributed by atoms with van der Waals surface area (Å²) in [4.78, 5) is 12.5. The molecule has 150 valence electrons. The van der Waals surface area contributed by atoms with Gasteiger partial charge in [0.2, 0.25) is 10.0 Å². The normalized spacial score (nSPS) is 15.6. The molecule has 2 aromatic carbocycles. The van der Waals surface area contributed by atoms with Gasteiger partial charge in [-0.05, 0) is 55.3 Å². The zero-order valence-corrected chi connectivity index (χ0v) is 17.1. The quantitative estimate of drug-likeness (QED) is 0.534. The van der Waals surface area contributed by atoms with E-state index < -0.39 is 16.0 Å². The summed E-state index contributed by atoms with van der Waals surface area (Å²) in [6.45, 7) is 0.926. The van der Waals surface area contributed by atoms with Crippen LogP contribution in [0.15, 0.2) is 47.4 Å². The Balaban J connectivity index is 1.90. The Morgan fingerprint density at radius 3 is 2.25 bits per heavy atom. The van der Waals surface area contributed by atoms with Gasteiger partial charge in [-0.15, -0.1) is 0 Å². The zero-order valence-electron chi connectivity index (χ0n) is 15.6. The molecule has 0 aromatic heterocycles. The largest absolute Gasteiger partial charge is 0.495 e. The van der Waals surface area contributed by atoms with E-state index in [2.05, 4.69) is 0 Å². The van der Waals surface area contributed by atoms with Gasteiger partial charge in [0.1, 0.15) is 16.4 Å². The van der Waals surface area contributed by atoms with E-state index in [0.29, 0.717) is 23.9 Å². The summed E-state index contributed by atoms with van der Waals surface area (Å²) in [7, 11) is -2.37. The van der Waals surface area contributed by atoms with Crippen LogP contribution in [0, 0.1) is 0 Å². The first-order chi connectivity index (χ1) is 13.4. The second-order valence-electron chi connectivity index (χ2n) is 6.53. The monoisotopic (exact) mass is 423 g/mol. The lowest BCUT2D eigenvalue weighted by molar-refractivity contribution is 0.0734. The fourth-order valence-electron chi connectivity index (χ4n) is 3.09. The number of sulfonamides is 1. The number of nitrogens with zero attached hydrogens (tertiary/aromatic N) is 1. The Bertz CT molecular complexity index is 936. The Morgan fingerprint density at radius 2 is 1.64 bits per heavy atom. The number of carbonyl (C=O) groups is 1. The zero-order chi connectivity index (χ0) is 20.1. The van der Waals surface area contributed by atoms with Crippen molar-refractivity contribution in [2.24, 2.45) is 0 Å². The number of methoxy groups -OCH3 is 1.